The fraction of sp³-hybridized carbons (Fsp3) is 0.909. The minimum Gasteiger partial charge on any atom is -0.450 e. The molecule has 4 heteroatoms. The van der Waals surface area contributed by atoms with Crippen LogP contribution in [0.15, 0.2) is 0 Å². The molecule has 0 radical (unpaired) electrons. The molecule has 2 bridgehead atoms. The molecule has 1 heterocycles. The highest BCUT2D eigenvalue weighted by atomic mass is 16.7. The van der Waals surface area contributed by atoms with Crippen molar-refractivity contribution in [1.82, 2.24) is 5.32 Å². The van der Waals surface area contributed by atoms with Crippen LogP contribution in [-0.2, 0) is 4.74 Å². The van der Waals surface area contributed by atoms with E-state index in [1.807, 2.05) is 0 Å². The Bertz CT molecular complexity index is 286. The van der Waals surface area contributed by atoms with E-state index in [1.165, 1.54) is 19.3 Å². The third-order valence-electron chi connectivity index (χ3n) is 4.69. The second-order valence-electron chi connectivity index (χ2n) is 5.34. The fourth-order valence-corrected chi connectivity index (χ4v) is 4.05. The van der Waals surface area contributed by atoms with Crippen LogP contribution < -0.4 is 5.32 Å². The van der Waals surface area contributed by atoms with Gasteiger partial charge < -0.3 is 15.2 Å². The van der Waals surface area contributed by atoms with Crippen LogP contribution in [-0.4, -0.2) is 30.5 Å². The van der Waals surface area contributed by atoms with Crippen molar-refractivity contribution >= 4 is 6.16 Å². The molecule has 4 atom stereocenters. The Labute approximate surface area is 89.0 Å². The molecule has 3 aliphatic rings. The van der Waals surface area contributed by atoms with Crippen molar-refractivity contribution < 1.29 is 14.6 Å². The van der Waals surface area contributed by atoms with E-state index in [2.05, 4.69) is 5.32 Å². The molecule has 0 aromatic rings. The van der Waals surface area contributed by atoms with E-state index in [0.717, 1.165) is 19.5 Å². The van der Waals surface area contributed by atoms with Crippen molar-refractivity contribution in [3.05, 3.63) is 0 Å². The van der Waals surface area contributed by atoms with Gasteiger partial charge in [-0.25, -0.2) is 4.79 Å². The standard InChI is InChI=1S/C11H17NO3/c13-10(14)15-9-4-8-3-7(9)5-11(8)1-2-12-6-11/h7-9,12H,1-6H2,(H,13,14). The predicted molar refractivity (Wildman–Crippen MR) is 53.6 cm³/mol. The molecule has 1 aliphatic heterocycles. The Balaban J connectivity index is 1.69. The Morgan fingerprint density at radius 1 is 1.47 bits per heavy atom. The Morgan fingerprint density at radius 3 is 2.87 bits per heavy atom. The summed E-state index contributed by atoms with van der Waals surface area (Å²) in [6.45, 7) is 2.27. The SMILES string of the molecule is O=C(O)OC1CC2CC1CC21CCNC1. The lowest BCUT2D eigenvalue weighted by Gasteiger charge is -2.35. The van der Waals surface area contributed by atoms with Crippen LogP contribution in [0, 0.1) is 17.3 Å². The average Bonchev–Trinajstić information content (AvgIpc) is 2.82. The highest BCUT2D eigenvalue weighted by Gasteiger charge is 2.56. The van der Waals surface area contributed by atoms with Gasteiger partial charge in [-0.1, -0.05) is 0 Å². The third kappa shape index (κ3) is 1.34. The molecular weight excluding hydrogens is 194 g/mol. The van der Waals surface area contributed by atoms with Crippen molar-refractivity contribution in [3.63, 3.8) is 0 Å². The van der Waals surface area contributed by atoms with Crippen LogP contribution in [0.1, 0.15) is 25.7 Å². The van der Waals surface area contributed by atoms with Gasteiger partial charge in [-0.2, -0.15) is 0 Å². The molecule has 4 nitrogen and oxygen atoms in total. The van der Waals surface area contributed by atoms with Gasteiger partial charge in [-0.05, 0) is 49.5 Å². The van der Waals surface area contributed by atoms with E-state index in [4.69, 9.17) is 9.84 Å². The molecule has 1 saturated heterocycles. The molecule has 2 N–H and O–H groups in total. The number of ether oxygens (including phenoxy) is 1. The molecule has 0 amide bonds. The summed E-state index contributed by atoms with van der Waals surface area (Å²) in [5.41, 5.74) is 0.489. The molecule has 3 fully saturated rings. The summed E-state index contributed by atoms with van der Waals surface area (Å²) in [6.07, 6.45) is 3.46. The fourth-order valence-electron chi connectivity index (χ4n) is 4.05. The molecule has 0 aromatic carbocycles. The van der Waals surface area contributed by atoms with Gasteiger partial charge in [0.25, 0.3) is 0 Å². The molecule has 15 heavy (non-hydrogen) atoms. The van der Waals surface area contributed by atoms with Crippen molar-refractivity contribution in [1.29, 1.82) is 0 Å². The van der Waals surface area contributed by atoms with E-state index < -0.39 is 6.16 Å². The number of fused-ring (bicyclic) bond motifs is 3. The van der Waals surface area contributed by atoms with Crippen LogP contribution in [0.2, 0.25) is 0 Å². The first kappa shape index (κ1) is 9.46. The highest BCUT2D eigenvalue weighted by Crippen LogP contribution is 2.59. The maximum atomic E-state index is 10.5. The number of hydrogen-bond donors (Lipinski definition) is 2. The summed E-state index contributed by atoms with van der Waals surface area (Å²) in [4.78, 5) is 10.5. The van der Waals surface area contributed by atoms with Crippen molar-refractivity contribution in [2.24, 2.45) is 17.3 Å². The lowest BCUT2D eigenvalue weighted by atomic mass is 9.72. The zero-order valence-electron chi connectivity index (χ0n) is 8.74. The van der Waals surface area contributed by atoms with E-state index >= 15 is 0 Å². The summed E-state index contributed by atoms with van der Waals surface area (Å²) in [7, 11) is 0. The van der Waals surface area contributed by atoms with E-state index in [0.29, 0.717) is 17.3 Å². The topological polar surface area (TPSA) is 58.6 Å². The summed E-state index contributed by atoms with van der Waals surface area (Å²) in [5.74, 6) is 1.19. The van der Waals surface area contributed by atoms with Gasteiger partial charge in [0.05, 0.1) is 0 Å². The van der Waals surface area contributed by atoms with E-state index in [-0.39, 0.29) is 6.10 Å². The van der Waals surface area contributed by atoms with Crippen LogP contribution in [0.4, 0.5) is 4.79 Å². The van der Waals surface area contributed by atoms with Crippen molar-refractivity contribution in [2.45, 2.75) is 31.8 Å². The third-order valence-corrected chi connectivity index (χ3v) is 4.69. The van der Waals surface area contributed by atoms with Gasteiger partial charge in [0.1, 0.15) is 6.10 Å². The molecule has 2 aliphatic carbocycles. The summed E-state index contributed by atoms with van der Waals surface area (Å²) < 4.78 is 4.94. The first-order chi connectivity index (χ1) is 7.20. The maximum Gasteiger partial charge on any atom is 0.506 e. The molecular formula is C11H17NO3. The van der Waals surface area contributed by atoms with Crippen molar-refractivity contribution in [3.8, 4) is 0 Å². The first-order valence-electron chi connectivity index (χ1n) is 5.80. The van der Waals surface area contributed by atoms with Crippen LogP contribution in [0.25, 0.3) is 0 Å². The summed E-state index contributed by atoms with van der Waals surface area (Å²) in [6, 6.07) is 0. The number of carboxylic acid groups (broad SMARTS) is 1. The first-order valence-corrected chi connectivity index (χ1v) is 5.80. The Hall–Kier alpha value is -0.770. The molecule has 2 saturated carbocycles. The number of nitrogens with one attached hydrogen (secondary N) is 1. The smallest absolute Gasteiger partial charge is 0.450 e. The normalized spacial score (nSPS) is 47.6. The average molecular weight is 211 g/mol. The second kappa shape index (κ2) is 3.11. The van der Waals surface area contributed by atoms with Crippen molar-refractivity contribution in [2.75, 3.05) is 13.1 Å². The molecule has 3 rings (SSSR count). The lowest BCUT2D eigenvalue weighted by Crippen LogP contribution is -2.36. The second-order valence-corrected chi connectivity index (χ2v) is 5.34. The van der Waals surface area contributed by atoms with Gasteiger partial charge in [-0.15, -0.1) is 0 Å². The van der Waals surface area contributed by atoms with E-state index in [9.17, 15) is 4.79 Å². The maximum absolute atomic E-state index is 10.5. The quantitative estimate of drug-likeness (QED) is 0.645. The highest BCUT2D eigenvalue weighted by molar-refractivity contribution is 5.57. The zero-order chi connectivity index (χ0) is 10.5. The largest absolute Gasteiger partial charge is 0.506 e. The number of carbonyl (C=O) groups is 1. The molecule has 0 aromatic heterocycles. The van der Waals surface area contributed by atoms with Gasteiger partial charge in [-0.3, -0.25) is 0 Å². The van der Waals surface area contributed by atoms with Gasteiger partial charge in [0.2, 0.25) is 0 Å². The summed E-state index contributed by atoms with van der Waals surface area (Å²) in [5, 5.41) is 12.1. The van der Waals surface area contributed by atoms with Crippen LogP contribution >= 0.6 is 0 Å². The number of hydrogen-bond acceptors (Lipinski definition) is 3. The molecule has 1 spiro atoms. The van der Waals surface area contributed by atoms with Crippen LogP contribution in [0.3, 0.4) is 0 Å². The summed E-state index contributed by atoms with van der Waals surface area (Å²) >= 11 is 0. The van der Waals surface area contributed by atoms with Crippen LogP contribution in [0.5, 0.6) is 0 Å². The molecule has 84 valence electrons. The van der Waals surface area contributed by atoms with Gasteiger partial charge in [0, 0.05) is 6.54 Å². The minimum absolute atomic E-state index is 0.0151. The minimum atomic E-state index is -1.11. The Morgan fingerprint density at radius 2 is 2.33 bits per heavy atom. The van der Waals surface area contributed by atoms with Gasteiger partial charge in [0.15, 0.2) is 0 Å². The molecule has 4 unspecified atom stereocenters. The zero-order valence-corrected chi connectivity index (χ0v) is 8.74. The Kier molecular flexibility index (Phi) is 1.96. The van der Waals surface area contributed by atoms with E-state index in [1.54, 1.807) is 0 Å². The lowest BCUT2D eigenvalue weighted by molar-refractivity contribution is 0.00733. The van der Waals surface area contributed by atoms with Gasteiger partial charge >= 0.3 is 6.16 Å². The monoisotopic (exact) mass is 211 g/mol. The predicted octanol–water partition coefficient (Wildman–Crippen LogP) is 1.46. The number of rotatable bonds is 1.